The van der Waals surface area contributed by atoms with E-state index in [-0.39, 0.29) is 0 Å². The summed E-state index contributed by atoms with van der Waals surface area (Å²) in [4.78, 5) is 17.9. The topological polar surface area (TPSA) is 51.6 Å². The fourth-order valence-electron chi connectivity index (χ4n) is 2.46. The summed E-state index contributed by atoms with van der Waals surface area (Å²) in [5.41, 5.74) is 2.59. The number of rotatable bonds is 3. The van der Waals surface area contributed by atoms with Crippen molar-refractivity contribution >= 4 is 23.2 Å². The maximum Gasteiger partial charge on any atom is 0.164 e. The van der Waals surface area contributed by atoms with Crippen LogP contribution in [0.4, 0.5) is 0 Å². The average molecular weight is 379 g/mol. The molecule has 0 bridgehead atoms. The standard InChI is InChI=1S/C20H12Cl2N4/c21-16-5-1-13(2-6-16)18-24-19(14-3-7-17(22)8-4-14)26-20(25-18)15-9-11-23-12-10-15/h1-12H. The lowest BCUT2D eigenvalue weighted by molar-refractivity contribution is 1.07. The summed E-state index contributed by atoms with van der Waals surface area (Å²) in [5.74, 6) is 1.74. The summed E-state index contributed by atoms with van der Waals surface area (Å²) in [7, 11) is 0. The van der Waals surface area contributed by atoms with Crippen LogP contribution in [-0.2, 0) is 0 Å². The van der Waals surface area contributed by atoms with E-state index in [0.717, 1.165) is 16.7 Å². The third-order valence-corrected chi connectivity index (χ3v) is 4.28. The SMILES string of the molecule is Clc1ccc(-c2nc(-c3ccncc3)nc(-c3ccc(Cl)cc3)n2)cc1. The van der Waals surface area contributed by atoms with Crippen molar-refractivity contribution in [1.82, 2.24) is 19.9 Å². The Morgan fingerprint density at radius 2 is 0.808 bits per heavy atom. The van der Waals surface area contributed by atoms with Gasteiger partial charge >= 0.3 is 0 Å². The van der Waals surface area contributed by atoms with Gasteiger partial charge in [0, 0.05) is 39.1 Å². The third kappa shape index (κ3) is 3.57. The summed E-state index contributed by atoms with van der Waals surface area (Å²) >= 11 is 12.0. The van der Waals surface area contributed by atoms with Crippen LogP contribution in [0, 0.1) is 0 Å². The number of pyridine rings is 1. The molecule has 0 spiro atoms. The molecule has 0 saturated heterocycles. The van der Waals surface area contributed by atoms with Gasteiger partial charge in [0.1, 0.15) is 0 Å². The first-order valence-electron chi connectivity index (χ1n) is 7.87. The van der Waals surface area contributed by atoms with E-state index in [0.29, 0.717) is 27.5 Å². The highest BCUT2D eigenvalue weighted by atomic mass is 35.5. The highest BCUT2D eigenvalue weighted by molar-refractivity contribution is 6.30. The summed E-state index contributed by atoms with van der Waals surface area (Å²) in [6.07, 6.45) is 3.42. The highest BCUT2D eigenvalue weighted by Crippen LogP contribution is 2.25. The summed E-state index contributed by atoms with van der Waals surface area (Å²) in [5, 5.41) is 1.32. The predicted molar refractivity (Wildman–Crippen MR) is 104 cm³/mol. The van der Waals surface area contributed by atoms with E-state index >= 15 is 0 Å². The number of hydrogen-bond acceptors (Lipinski definition) is 4. The molecular formula is C20H12Cl2N4. The zero-order valence-corrected chi connectivity index (χ0v) is 15.0. The molecule has 2 aromatic heterocycles. The quantitative estimate of drug-likeness (QED) is 0.467. The van der Waals surface area contributed by atoms with E-state index in [9.17, 15) is 0 Å². The minimum absolute atomic E-state index is 0.577. The molecule has 126 valence electrons. The van der Waals surface area contributed by atoms with Gasteiger partial charge in [0.15, 0.2) is 17.5 Å². The lowest BCUT2D eigenvalue weighted by atomic mass is 10.1. The fraction of sp³-hybridized carbons (Fsp3) is 0. The minimum Gasteiger partial charge on any atom is -0.265 e. The van der Waals surface area contributed by atoms with Gasteiger partial charge in [-0.2, -0.15) is 0 Å². The second-order valence-corrected chi connectivity index (χ2v) is 6.43. The van der Waals surface area contributed by atoms with Gasteiger partial charge in [0.2, 0.25) is 0 Å². The molecule has 0 aliphatic carbocycles. The molecule has 0 saturated carbocycles. The van der Waals surface area contributed by atoms with Crippen molar-refractivity contribution in [3.8, 4) is 34.2 Å². The van der Waals surface area contributed by atoms with E-state index in [4.69, 9.17) is 23.2 Å². The molecule has 26 heavy (non-hydrogen) atoms. The molecule has 6 heteroatoms. The summed E-state index contributed by atoms with van der Waals surface area (Å²) in [6.45, 7) is 0. The molecule has 0 atom stereocenters. The van der Waals surface area contributed by atoms with Crippen molar-refractivity contribution in [2.75, 3.05) is 0 Å². The molecule has 0 unspecified atom stereocenters. The number of benzene rings is 2. The van der Waals surface area contributed by atoms with Crippen LogP contribution in [0.3, 0.4) is 0 Å². The molecule has 0 amide bonds. The van der Waals surface area contributed by atoms with E-state index in [1.807, 2.05) is 60.7 Å². The number of aromatic nitrogens is 4. The minimum atomic E-state index is 0.577. The number of nitrogens with zero attached hydrogens (tertiary/aromatic N) is 4. The monoisotopic (exact) mass is 378 g/mol. The lowest BCUT2D eigenvalue weighted by Gasteiger charge is -2.08. The van der Waals surface area contributed by atoms with Gasteiger partial charge in [-0.25, -0.2) is 15.0 Å². The average Bonchev–Trinajstić information content (AvgIpc) is 2.69. The molecule has 4 rings (SSSR count). The first-order chi connectivity index (χ1) is 12.7. The van der Waals surface area contributed by atoms with Crippen LogP contribution >= 0.6 is 23.2 Å². The van der Waals surface area contributed by atoms with Crippen LogP contribution in [0.25, 0.3) is 34.2 Å². The Morgan fingerprint density at radius 1 is 0.462 bits per heavy atom. The van der Waals surface area contributed by atoms with Crippen molar-refractivity contribution in [2.24, 2.45) is 0 Å². The Kier molecular flexibility index (Phi) is 4.61. The first kappa shape index (κ1) is 16.6. The summed E-state index contributed by atoms with van der Waals surface area (Å²) < 4.78 is 0. The zero-order valence-electron chi connectivity index (χ0n) is 13.5. The second-order valence-electron chi connectivity index (χ2n) is 5.56. The Labute approximate surface area is 160 Å². The van der Waals surface area contributed by atoms with Crippen LogP contribution < -0.4 is 0 Å². The van der Waals surface area contributed by atoms with E-state index in [1.165, 1.54) is 0 Å². The number of halogens is 2. The Hall–Kier alpha value is -2.82. The van der Waals surface area contributed by atoms with Crippen molar-refractivity contribution in [1.29, 1.82) is 0 Å². The van der Waals surface area contributed by atoms with Crippen molar-refractivity contribution < 1.29 is 0 Å². The second kappa shape index (κ2) is 7.20. The molecule has 0 aliphatic heterocycles. The third-order valence-electron chi connectivity index (χ3n) is 3.78. The molecule has 4 aromatic rings. The summed E-state index contributed by atoms with van der Waals surface area (Å²) in [6, 6.07) is 18.5. The Bertz CT molecular complexity index is 970. The van der Waals surface area contributed by atoms with Gasteiger partial charge < -0.3 is 0 Å². The smallest absolute Gasteiger partial charge is 0.164 e. The van der Waals surface area contributed by atoms with Crippen LogP contribution in [0.2, 0.25) is 10.0 Å². The van der Waals surface area contributed by atoms with Crippen LogP contribution in [-0.4, -0.2) is 19.9 Å². The predicted octanol–water partition coefficient (Wildman–Crippen LogP) is 5.57. The van der Waals surface area contributed by atoms with Crippen LogP contribution in [0.15, 0.2) is 73.1 Å². The highest BCUT2D eigenvalue weighted by Gasteiger charge is 2.12. The largest absolute Gasteiger partial charge is 0.265 e. The molecule has 0 radical (unpaired) electrons. The van der Waals surface area contributed by atoms with E-state index in [1.54, 1.807) is 12.4 Å². The number of hydrogen-bond donors (Lipinski definition) is 0. The van der Waals surface area contributed by atoms with Crippen LogP contribution in [0.5, 0.6) is 0 Å². The van der Waals surface area contributed by atoms with Crippen LogP contribution in [0.1, 0.15) is 0 Å². The van der Waals surface area contributed by atoms with Crippen molar-refractivity contribution in [3.05, 3.63) is 83.1 Å². The van der Waals surface area contributed by atoms with Gasteiger partial charge in [-0.3, -0.25) is 4.98 Å². The lowest BCUT2D eigenvalue weighted by Crippen LogP contribution is -2.00. The molecule has 0 aliphatic rings. The van der Waals surface area contributed by atoms with Gasteiger partial charge in [0.05, 0.1) is 0 Å². The molecule has 2 aromatic carbocycles. The molecule has 0 fully saturated rings. The Balaban J connectivity index is 1.89. The maximum absolute atomic E-state index is 6.00. The van der Waals surface area contributed by atoms with Gasteiger partial charge in [-0.1, -0.05) is 23.2 Å². The Morgan fingerprint density at radius 3 is 1.19 bits per heavy atom. The fourth-order valence-corrected chi connectivity index (χ4v) is 2.71. The normalized spacial score (nSPS) is 10.7. The first-order valence-corrected chi connectivity index (χ1v) is 8.63. The van der Waals surface area contributed by atoms with Gasteiger partial charge in [-0.15, -0.1) is 0 Å². The maximum atomic E-state index is 6.00. The van der Waals surface area contributed by atoms with Crippen molar-refractivity contribution in [3.63, 3.8) is 0 Å². The van der Waals surface area contributed by atoms with Gasteiger partial charge in [0.25, 0.3) is 0 Å². The molecule has 0 N–H and O–H groups in total. The molecule has 2 heterocycles. The molecule has 4 nitrogen and oxygen atoms in total. The van der Waals surface area contributed by atoms with Gasteiger partial charge in [-0.05, 0) is 60.7 Å². The van der Waals surface area contributed by atoms with E-state index in [2.05, 4.69) is 19.9 Å². The zero-order chi connectivity index (χ0) is 17.9. The molecular weight excluding hydrogens is 367 g/mol. The van der Waals surface area contributed by atoms with E-state index < -0.39 is 0 Å². The van der Waals surface area contributed by atoms with Crippen molar-refractivity contribution in [2.45, 2.75) is 0 Å².